The summed E-state index contributed by atoms with van der Waals surface area (Å²) < 4.78 is 5.01. The van der Waals surface area contributed by atoms with E-state index < -0.39 is 0 Å². The number of nitrogens with one attached hydrogen (secondary N) is 1. The van der Waals surface area contributed by atoms with Gasteiger partial charge in [0.15, 0.2) is 10.4 Å². The predicted octanol–water partition coefficient (Wildman–Crippen LogP) is 3.27. The molecule has 2 heterocycles. The first-order chi connectivity index (χ1) is 8.04. The molecular formula is C12H20N4S. The maximum absolute atomic E-state index is 5.39. The lowest BCUT2D eigenvalue weighted by Crippen LogP contribution is -2.07. The Balaban J connectivity index is 2.53. The van der Waals surface area contributed by atoms with Crippen LogP contribution in [-0.2, 0) is 13.1 Å². The van der Waals surface area contributed by atoms with E-state index in [1.54, 1.807) is 0 Å². The van der Waals surface area contributed by atoms with E-state index in [1.807, 2.05) is 11.6 Å². The molecule has 0 spiro atoms. The highest BCUT2D eigenvalue weighted by molar-refractivity contribution is 7.71. The van der Waals surface area contributed by atoms with E-state index in [2.05, 4.69) is 35.4 Å². The van der Waals surface area contributed by atoms with Crippen molar-refractivity contribution in [1.82, 2.24) is 19.3 Å². The summed E-state index contributed by atoms with van der Waals surface area (Å²) >= 11 is 5.39. The van der Waals surface area contributed by atoms with Crippen LogP contribution in [0, 0.1) is 17.6 Å². The molecular weight excluding hydrogens is 232 g/mol. The highest BCUT2D eigenvalue weighted by Crippen LogP contribution is 2.19. The van der Waals surface area contributed by atoms with Crippen LogP contribution in [-0.4, -0.2) is 19.3 Å². The molecule has 0 aromatic carbocycles. The number of imidazole rings is 1. The molecule has 0 saturated heterocycles. The van der Waals surface area contributed by atoms with Gasteiger partial charge in [0.1, 0.15) is 5.52 Å². The average Bonchev–Trinajstić information content (AvgIpc) is 2.74. The second-order valence-corrected chi connectivity index (χ2v) is 5.25. The normalized spacial score (nSPS) is 11.8. The van der Waals surface area contributed by atoms with Gasteiger partial charge in [0, 0.05) is 13.1 Å². The number of aromatic amines is 1. The molecule has 2 rings (SSSR count). The monoisotopic (exact) mass is 252 g/mol. The predicted molar refractivity (Wildman–Crippen MR) is 72.8 cm³/mol. The summed E-state index contributed by atoms with van der Waals surface area (Å²) in [6.07, 6.45) is 1.13. The molecule has 0 unspecified atom stereocenters. The molecule has 4 nitrogen and oxygen atoms in total. The van der Waals surface area contributed by atoms with Gasteiger partial charge in [-0.25, -0.2) is 4.68 Å². The molecule has 0 aliphatic heterocycles. The first kappa shape index (κ1) is 12.4. The molecule has 0 aliphatic rings. The van der Waals surface area contributed by atoms with Crippen molar-refractivity contribution < 1.29 is 0 Å². The molecule has 0 fully saturated rings. The van der Waals surface area contributed by atoms with Crippen molar-refractivity contribution in [3.05, 3.63) is 10.5 Å². The van der Waals surface area contributed by atoms with Crippen molar-refractivity contribution in [2.75, 3.05) is 0 Å². The maximum Gasteiger partial charge on any atom is 0.179 e. The molecule has 0 atom stereocenters. The van der Waals surface area contributed by atoms with Gasteiger partial charge in [0.25, 0.3) is 0 Å². The fourth-order valence-electron chi connectivity index (χ4n) is 2.08. The average molecular weight is 252 g/mol. The Hall–Kier alpha value is -1.10. The van der Waals surface area contributed by atoms with E-state index in [0.29, 0.717) is 5.92 Å². The van der Waals surface area contributed by atoms with Crippen LogP contribution in [0.15, 0.2) is 0 Å². The second-order valence-electron chi connectivity index (χ2n) is 4.86. The van der Waals surface area contributed by atoms with Crippen LogP contribution in [0.5, 0.6) is 0 Å². The minimum absolute atomic E-state index is 0.681. The molecule has 0 amide bonds. The minimum Gasteiger partial charge on any atom is -0.328 e. The van der Waals surface area contributed by atoms with Crippen molar-refractivity contribution in [1.29, 1.82) is 0 Å². The summed E-state index contributed by atoms with van der Waals surface area (Å²) in [4.78, 5) is 3.27. The largest absolute Gasteiger partial charge is 0.328 e. The maximum atomic E-state index is 5.39. The number of aromatic nitrogens is 4. The zero-order chi connectivity index (χ0) is 12.6. The van der Waals surface area contributed by atoms with Crippen LogP contribution < -0.4 is 0 Å². The van der Waals surface area contributed by atoms with Gasteiger partial charge in [0.05, 0.1) is 5.69 Å². The minimum atomic E-state index is 0.681. The summed E-state index contributed by atoms with van der Waals surface area (Å²) in [7, 11) is 0. The van der Waals surface area contributed by atoms with Crippen LogP contribution in [0.1, 0.15) is 32.9 Å². The summed E-state index contributed by atoms with van der Waals surface area (Å²) in [5, 5.41) is 4.52. The number of aryl methyl sites for hydroxylation is 3. The molecule has 0 radical (unpaired) electrons. The van der Waals surface area contributed by atoms with Crippen LogP contribution in [0.3, 0.4) is 0 Å². The lowest BCUT2D eigenvalue weighted by molar-refractivity contribution is 0.511. The molecule has 94 valence electrons. The van der Waals surface area contributed by atoms with Crippen LogP contribution in [0.2, 0.25) is 0 Å². The zero-order valence-corrected chi connectivity index (χ0v) is 11.8. The zero-order valence-electron chi connectivity index (χ0n) is 10.9. The van der Waals surface area contributed by atoms with Crippen LogP contribution >= 0.6 is 12.2 Å². The van der Waals surface area contributed by atoms with E-state index in [-0.39, 0.29) is 0 Å². The Morgan fingerprint density at radius 2 is 2.12 bits per heavy atom. The van der Waals surface area contributed by atoms with E-state index in [4.69, 9.17) is 12.2 Å². The van der Waals surface area contributed by atoms with Gasteiger partial charge in [-0.15, -0.1) is 0 Å². The van der Waals surface area contributed by atoms with Crippen molar-refractivity contribution in [3.63, 3.8) is 0 Å². The third-order valence-electron chi connectivity index (χ3n) is 3.06. The van der Waals surface area contributed by atoms with Gasteiger partial charge < -0.3 is 9.55 Å². The van der Waals surface area contributed by atoms with Gasteiger partial charge in [-0.1, -0.05) is 13.8 Å². The Bertz CT molecular complexity index is 573. The van der Waals surface area contributed by atoms with E-state index in [9.17, 15) is 0 Å². The molecule has 1 N–H and O–H groups in total. The highest BCUT2D eigenvalue weighted by Gasteiger charge is 2.13. The molecule has 5 heteroatoms. The number of hydrogen-bond acceptors (Lipinski definition) is 2. The second kappa shape index (κ2) is 4.64. The van der Waals surface area contributed by atoms with Gasteiger partial charge >= 0.3 is 0 Å². The molecule has 0 aliphatic carbocycles. The lowest BCUT2D eigenvalue weighted by atomic mass is 10.1. The number of rotatable bonds is 4. The molecule has 17 heavy (non-hydrogen) atoms. The first-order valence-corrected chi connectivity index (χ1v) is 6.61. The molecule has 2 aromatic heterocycles. The number of nitrogens with zero attached hydrogens (tertiary/aromatic N) is 3. The van der Waals surface area contributed by atoms with E-state index in [1.165, 1.54) is 0 Å². The van der Waals surface area contributed by atoms with Gasteiger partial charge in [-0.05, 0) is 38.4 Å². The topological polar surface area (TPSA) is 38.5 Å². The summed E-state index contributed by atoms with van der Waals surface area (Å²) in [5.41, 5.74) is 3.24. The van der Waals surface area contributed by atoms with E-state index >= 15 is 0 Å². The van der Waals surface area contributed by atoms with Crippen molar-refractivity contribution in [3.8, 4) is 0 Å². The fourth-order valence-corrected chi connectivity index (χ4v) is 2.36. The van der Waals surface area contributed by atoms with Crippen LogP contribution in [0.4, 0.5) is 0 Å². The number of fused-ring (bicyclic) bond motifs is 1. The summed E-state index contributed by atoms with van der Waals surface area (Å²) in [6.45, 7) is 10.4. The van der Waals surface area contributed by atoms with Crippen molar-refractivity contribution in [2.24, 2.45) is 5.92 Å². The number of hydrogen-bond donors (Lipinski definition) is 1. The quantitative estimate of drug-likeness (QED) is 0.848. The lowest BCUT2D eigenvalue weighted by Gasteiger charge is -2.08. The first-order valence-electron chi connectivity index (χ1n) is 6.20. The Labute approximate surface area is 107 Å². The Morgan fingerprint density at radius 3 is 2.71 bits per heavy atom. The standard InChI is InChI=1S/C12H20N4S/c1-5-16-11-10(9(4)14-16)13-12(17)15(11)7-6-8(2)3/h8H,5-7H2,1-4H3,(H,13,17). The summed E-state index contributed by atoms with van der Waals surface area (Å²) in [5.74, 6) is 0.681. The Kier molecular flexibility index (Phi) is 3.38. The van der Waals surface area contributed by atoms with Gasteiger partial charge in [0.2, 0.25) is 0 Å². The van der Waals surface area contributed by atoms with Gasteiger partial charge in [-0.2, -0.15) is 5.10 Å². The van der Waals surface area contributed by atoms with Crippen molar-refractivity contribution in [2.45, 2.75) is 47.2 Å². The SMILES string of the molecule is CCn1nc(C)c2[nH]c(=S)n(CCC(C)C)c21. The number of H-pyrrole nitrogens is 1. The van der Waals surface area contributed by atoms with Gasteiger partial charge in [-0.3, -0.25) is 0 Å². The summed E-state index contributed by atoms with van der Waals surface area (Å²) in [6, 6.07) is 0. The van der Waals surface area contributed by atoms with E-state index in [0.717, 1.165) is 41.1 Å². The molecule has 0 bridgehead atoms. The van der Waals surface area contributed by atoms with Crippen molar-refractivity contribution >= 4 is 23.4 Å². The smallest absolute Gasteiger partial charge is 0.179 e. The fraction of sp³-hybridized carbons (Fsp3) is 0.667. The molecule has 2 aromatic rings. The third-order valence-corrected chi connectivity index (χ3v) is 3.39. The highest BCUT2D eigenvalue weighted by atomic mass is 32.1. The van der Waals surface area contributed by atoms with Crippen LogP contribution in [0.25, 0.3) is 11.2 Å². The third kappa shape index (κ3) is 2.16. The Morgan fingerprint density at radius 1 is 1.41 bits per heavy atom. The molecule has 0 saturated carbocycles.